The van der Waals surface area contributed by atoms with E-state index in [1.165, 1.54) is 25.7 Å². The van der Waals surface area contributed by atoms with Crippen LogP contribution >= 0.6 is 0 Å². The van der Waals surface area contributed by atoms with Crippen molar-refractivity contribution in [2.24, 2.45) is 0 Å². The largest absolute Gasteiger partial charge is 0.391 e. The predicted molar refractivity (Wildman–Crippen MR) is 55.2 cm³/mol. The van der Waals surface area contributed by atoms with E-state index in [-0.39, 0.29) is 0 Å². The Morgan fingerprint density at radius 1 is 1.17 bits per heavy atom. The Bertz CT molecular complexity index is 88.0. The number of unbranched alkanes of at least 4 members (excludes halogenated alkanes) is 2. The van der Waals surface area contributed by atoms with E-state index in [9.17, 15) is 0 Å². The zero-order valence-corrected chi connectivity index (χ0v) is 8.40. The molecule has 2 heteroatoms. The Labute approximate surface area is 76.4 Å². The molecule has 0 unspecified atom stereocenters. The van der Waals surface area contributed by atoms with Gasteiger partial charge in [0.2, 0.25) is 0 Å². The van der Waals surface area contributed by atoms with Crippen LogP contribution in [0.5, 0.6) is 0 Å². The summed E-state index contributed by atoms with van der Waals surface area (Å²) in [5.74, 6) is 0. The van der Waals surface area contributed by atoms with Crippen molar-refractivity contribution in [2.75, 3.05) is 20.1 Å². The third-order valence-corrected chi connectivity index (χ3v) is 1.71. The zero-order valence-electron chi connectivity index (χ0n) is 8.40. The molecule has 0 spiro atoms. The van der Waals surface area contributed by atoms with E-state index < -0.39 is 0 Å². The quantitative estimate of drug-likeness (QED) is 0.544. The third-order valence-electron chi connectivity index (χ3n) is 1.71. The number of allylic oxidation sites excluding steroid dienone is 1. The van der Waals surface area contributed by atoms with Gasteiger partial charge in [-0.1, -0.05) is 19.4 Å². The van der Waals surface area contributed by atoms with E-state index in [4.69, 9.17) is 0 Å². The molecule has 0 fully saturated rings. The molecule has 0 heterocycles. The van der Waals surface area contributed by atoms with Crippen molar-refractivity contribution in [2.45, 2.75) is 32.6 Å². The van der Waals surface area contributed by atoms with Crippen molar-refractivity contribution in [3.05, 3.63) is 12.3 Å². The Kier molecular flexibility index (Phi) is 10.1. The van der Waals surface area contributed by atoms with E-state index in [0.29, 0.717) is 0 Å². The molecule has 0 amide bonds. The highest BCUT2D eigenvalue weighted by molar-refractivity contribution is 4.79. The van der Waals surface area contributed by atoms with Crippen LogP contribution in [-0.2, 0) is 0 Å². The molecule has 2 nitrogen and oxygen atoms in total. The van der Waals surface area contributed by atoms with Gasteiger partial charge in [-0.3, -0.25) is 0 Å². The van der Waals surface area contributed by atoms with Crippen LogP contribution in [0.4, 0.5) is 0 Å². The van der Waals surface area contributed by atoms with Gasteiger partial charge in [0.15, 0.2) is 0 Å². The summed E-state index contributed by atoms with van der Waals surface area (Å²) in [6.07, 6.45) is 9.20. The lowest BCUT2D eigenvalue weighted by Gasteiger charge is -1.97. The number of rotatable bonds is 8. The van der Waals surface area contributed by atoms with Gasteiger partial charge < -0.3 is 10.6 Å². The van der Waals surface area contributed by atoms with Gasteiger partial charge in [0.25, 0.3) is 0 Å². The zero-order chi connectivity index (χ0) is 9.07. The molecular formula is C10H22N2. The molecule has 0 rings (SSSR count). The predicted octanol–water partition coefficient (Wildman–Crippen LogP) is 1.89. The highest BCUT2D eigenvalue weighted by Gasteiger charge is 1.80. The van der Waals surface area contributed by atoms with Gasteiger partial charge in [-0.2, -0.15) is 0 Å². The van der Waals surface area contributed by atoms with Crippen molar-refractivity contribution in [3.8, 4) is 0 Å². The van der Waals surface area contributed by atoms with Crippen molar-refractivity contribution in [1.82, 2.24) is 10.6 Å². The van der Waals surface area contributed by atoms with Gasteiger partial charge in [-0.05, 0) is 39.1 Å². The molecule has 0 aliphatic heterocycles. The van der Waals surface area contributed by atoms with Gasteiger partial charge >= 0.3 is 0 Å². The SMILES string of the molecule is CCCCN/C=C\CCCNC. The molecule has 0 bridgehead atoms. The summed E-state index contributed by atoms with van der Waals surface area (Å²) >= 11 is 0. The molecular weight excluding hydrogens is 148 g/mol. The second-order valence-electron chi connectivity index (χ2n) is 2.96. The van der Waals surface area contributed by atoms with Gasteiger partial charge in [0.1, 0.15) is 0 Å². The molecule has 0 saturated heterocycles. The summed E-state index contributed by atoms with van der Waals surface area (Å²) in [7, 11) is 1.99. The third kappa shape index (κ3) is 9.50. The second-order valence-corrected chi connectivity index (χ2v) is 2.96. The smallest absolute Gasteiger partial charge is 0.0141 e. The van der Waals surface area contributed by atoms with Gasteiger partial charge in [0, 0.05) is 6.54 Å². The Hall–Kier alpha value is -0.500. The first-order chi connectivity index (χ1) is 5.91. The molecule has 0 aromatic heterocycles. The molecule has 0 saturated carbocycles. The minimum Gasteiger partial charge on any atom is -0.391 e. The first kappa shape index (κ1) is 11.5. The average molecular weight is 170 g/mol. The summed E-state index contributed by atoms with van der Waals surface area (Å²) in [4.78, 5) is 0. The first-order valence-electron chi connectivity index (χ1n) is 4.94. The van der Waals surface area contributed by atoms with Crippen LogP contribution in [0.15, 0.2) is 12.3 Å². The highest BCUT2D eigenvalue weighted by Crippen LogP contribution is 1.88. The Morgan fingerprint density at radius 2 is 2.00 bits per heavy atom. The summed E-state index contributed by atoms with van der Waals surface area (Å²) in [6, 6.07) is 0. The molecule has 0 atom stereocenters. The minimum atomic E-state index is 1.11. The van der Waals surface area contributed by atoms with Crippen molar-refractivity contribution in [1.29, 1.82) is 0 Å². The molecule has 0 aliphatic rings. The average Bonchev–Trinajstić information content (AvgIpc) is 2.10. The Balaban J connectivity index is 2.93. The van der Waals surface area contributed by atoms with Crippen molar-refractivity contribution in [3.63, 3.8) is 0 Å². The van der Waals surface area contributed by atoms with Gasteiger partial charge in [0.05, 0.1) is 0 Å². The van der Waals surface area contributed by atoms with E-state index in [1.54, 1.807) is 0 Å². The maximum Gasteiger partial charge on any atom is 0.0141 e. The Morgan fingerprint density at radius 3 is 2.67 bits per heavy atom. The maximum atomic E-state index is 3.26. The molecule has 2 N–H and O–H groups in total. The maximum absolute atomic E-state index is 3.26. The van der Waals surface area contributed by atoms with Crippen LogP contribution in [0.1, 0.15) is 32.6 Å². The van der Waals surface area contributed by atoms with Crippen molar-refractivity contribution >= 4 is 0 Å². The van der Waals surface area contributed by atoms with Crippen LogP contribution in [0.2, 0.25) is 0 Å². The first-order valence-corrected chi connectivity index (χ1v) is 4.94. The van der Waals surface area contributed by atoms with Crippen molar-refractivity contribution < 1.29 is 0 Å². The van der Waals surface area contributed by atoms with Crippen LogP contribution < -0.4 is 10.6 Å². The fourth-order valence-corrected chi connectivity index (χ4v) is 0.926. The lowest BCUT2D eigenvalue weighted by molar-refractivity contribution is 0.719. The molecule has 0 radical (unpaired) electrons. The van der Waals surface area contributed by atoms with Crippen LogP contribution in [0.25, 0.3) is 0 Å². The summed E-state index contributed by atoms with van der Waals surface area (Å²) in [5.41, 5.74) is 0. The second kappa shape index (κ2) is 10.5. The van der Waals surface area contributed by atoms with Crippen LogP contribution in [0.3, 0.4) is 0 Å². The normalized spacial score (nSPS) is 10.8. The number of hydrogen-bond donors (Lipinski definition) is 2. The van der Waals surface area contributed by atoms with Crippen LogP contribution in [0, 0.1) is 0 Å². The lowest BCUT2D eigenvalue weighted by Crippen LogP contribution is -2.07. The van der Waals surface area contributed by atoms with E-state index in [0.717, 1.165) is 13.1 Å². The standard InChI is InChI=1S/C10H22N2/c1-3-4-9-12-10-7-5-6-8-11-2/h7,10-12H,3-6,8-9H2,1-2H3/b10-7-. The minimum absolute atomic E-state index is 1.11. The molecule has 0 aliphatic carbocycles. The molecule has 0 aromatic rings. The number of hydrogen-bond acceptors (Lipinski definition) is 2. The summed E-state index contributed by atoms with van der Waals surface area (Å²) < 4.78 is 0. The van der Waals surface area contributed by atoms with E-state index in [1.807, 2.05) is 7.05 Å². The fourth-order valence-electron chi connectivity index (χ4n) is 0.926. The van der Waals surface area contributed by atoms with E-state index >= 15 is 0 Å². The molecule has 72 valence electrons. The summed E-state index contributed by atoms with van der Waals surface area (Å²) in [5, 5.41) is 6.39. The molecule has 0 aromatic carbocycles. The highest BCUT2D eigenvalue weighted by atomic mass is 14.8. The summed E-state index contributed by atoms with van der Waals surface area (Å²) in [6.45, 7) is 4.43. The van der Waals surface area contributed by atoms with E-state index in [2.05, 4.69) is 29.8 Å². The fraction of sp³-hybridized carbons (Fsp3) is 0.800. The number of nitrogens with one attached hydrogen (secondary N) is 2. The topological polar surface area (TPSA) is 24.1 Å². The lowest BCUT2D eigenvalue weighted by atomic mass is 10.3. The molecule has 12 heavy (non-hydrogen) atoms. The van der Waals surface area contributed by atoms with Gasteiger partial charge in [-0.25, -0.2) is 0 Å². The van der Waals surface area contributed by atoms with Gasteiger partial charge in [-0.15, -0.1) is 0 Å². The monoisotopic (exact) mass is 170 g/mol. The van der Waals surface area contributed by atoms with Crippen LogP contribution in [-0.4, -0.2) is 20.1 Å².